The van der Waals surface area contributed by atoms with Crippen molar-refractivity contribution in [1.29, 1.82) is 0 Å². The quantitative estimate of drug-likeness (QED) is 0.610. The summed E-state index contributed by atoms with van der Waals surface area (Å²) < 4.78 is 7.62. The van der Waals surface area contributed by atoms with Gasteiger partial charge in [0.25, 0.3) is 0 Å². The van der Waals surface area contributed by atoms with Crippen molar-refractivity contribution in [2.45, 2.75) is 20.0 Å². The van der Waals surface area contributed by atoms with Crippen molar-refractivity contribution >= 4 is 20.1 Å². The van der Waals surface area contributed by atoms with Crippen LogP contribution in [0.5, 0.6) is 5.75 Å². The number of hydrogen-bond acceptors (Lipinski definition) is 2. The van der Waals surface area contributed by atoms with Gasteiger partial charge in [-0.3, -0.25) is 4.79 Å². The Balaban J connectivity index is 2.53. The van der Waals surface area contributed by atoms with Gasteiger partial charge in [0.05, 0.1) is 5.69 Å². The summed E-state index contributed by atoms with van der Waals surface area (Å²) in [5, 5.41) is 0. The summed E-state index contributed by atoms with van der Waals surface area (Å²) in [5.74, 6) is 0.894. The highest BCUT2D eigenvalue weighted by molar-refractivity contribution is 6.80. The predicted octanol–water partition coefficient (Wildman–Crippen LogP) is 2.13. The lowest BCUT2D eigenvalue weighted by molar-refractivity contribution is -0.115. The molecule has 0 radical (unpaired) electrons. The highest BCUT2D eigenvalue weighted by Gasteiger charge is 2.43. The third kappa shape index (κ3) is 1.22. The molecule has 1 aliphatic rings. The monoisotopic (exact) mass is 207 g/mol. The van der Waals surface area contributed by atoms with Gasteiger partial charge < -0.3 is 8.99 Å². The Bertz CT molecular complexity index is 389. The molecule has 0 aromatic heterocycles. The van der Waals surface area contributed by atoms with Crippen molar-refractivity contribution < 1.29 is 9.22 Å². The van der Waals surface area contributed by atoms with Gasteiger partial charge in [0.2, 0.25) is 5.91 Å². The highest BCUT2D eigenvalue weighted by atomic mass is 28.4. The third-order valence-electron chi connectivity index (χ3n) is 2.32. The molecule has 3 nitrogen and oxygen atoms in total. The van der Waals surface area contributed by atoms with E-state index in [1.807, 2.05) is 41.9 Å². The van der Waals surface area contributed by atoms with Crippen LogP contribution in [0.3, 0.4) is 0 Å². The second-order valence-corrected chi connectivity index (χ2v) is 7.42. The van der Waals surface area contributed by atoms with E-state index in [0.29, 0.717) is 0 Å². The number of carbonyl (C=O) groups excluding carboxylic acids is 1. The topological polar surface area (TPSA) is 29.5 Å². The van der Waals surface area contributed by atoms with Gasteiger partial charge in [-0.15, -0.1) is 0 Å². The van der Waals surface area contributed by atoms with Crippen LogP contribution in [0.25, 0.3) is 0 Å². The first-order chi connectivity index (χ1) is 6.52. The van der Waals surface area contributed by atoms with Crippen LogP contribution in [-0.4, -0.2) is 14.4 Å². The molecule has 1 aliphatic heterocycles. The molecule has 0 atom stereocenters. The van der Waals surface area contributed by atoms with E-state index in [2.05, 4.69) is 0 Å². The van der Waals surface area contributed by atoms with Gasteiger partial charge in [0.1, 0.15) is 5.75 Å². The van der Waals surface area contributed by atoms with Crippen LogP contribution in [-0.2, 0) is 4.79 Å². The van der Waals surface area contributed by atoms with Gasteiger partial charge >= 0.3 is 8.48 Å². The largest absolute Gasteiger partial charge is 0.523 e. The maximum absolute atomic E-state index is 11.5. The Hall–Kier alpha value is -1.29. The second kappa shape index (κ2) is 2.85. The SMILES string of the molecule is CC(=O)N1c2ccccc2O[Si]1(C)C. The van der Waals surface area contributed by atoms with Gasteiger partial charge in [-0.2, -0.15) is 0 Å². The van der Waals surface area contributed by atoms with E-state index in [-0.39, 0.29) is 5.91 Å². The number of hydrogen-bond donors (Lipinski definition) is 0. The molecular weight excluding hydrogens is 194 g/mol. The van der Waals surface area contributed by atoms with Gasteiger partial charge in [-0.25, -0.2) is 0 Å². The van der Waals surface area contributed by atoms with E-state index in [9.17, 15) is 4.79 Å². The Kier molecular flexibility index (Phi) is 1.89. The fraction of sp³-hybridized carbons (Fsp3) is 0.300. The van der Waals surface area contributed by atoms with Crippen molar-refractivity contribution in [3.05, 3.63) is 24.3 Å². The summed E-state index contributed by atoms with van der Waals surface area (Å²) in [5.41, 5.74) is 0.914. The van der Waals surface area contributed by atoms with Crippen LogP contribution in [0.2, 0.25) is 13.1 Å². The molecule has 1 amide bonds. The molecule has 4 heteroatoms. The van der Waals surface area contributed by atoms with E-state index in [4.69, 9.17) is 4.43 Å². The van der Waals surface area contributed by atoms with Crippen LogP contribution in [0, 0.1) is 0 Å². The molecule has 0 unspecified atom stereocenters. The molecule has 74 valence electrons. The van der Waals surface area contributed by atoms with Gasteiger partial charge in [-0.05, 0) is 25.2 Å². The van der Waals surface area contributed by atoms with Crippen molar-refractivity contribution in [2.75, 3.05) is 4.57 Å². The number of rotatable bonds is 0. The van der Waals surface area contributed by atoms with Crippen LogP contribution in [0.4, 0.5) is 5.69 Å². The maximum Gasteiger partial charge on any atom is 0.361 e. The summed E-state index contributed by atoms with van der Waals surface area (Å²) in [6, 6.07) is 7.69. The molecule has 14 heavy (non-hydrogen) atoms. The van der Waals surface area contributed by atoms with Crippen LogP contribution in [0.1, 0.15) is 6.92 Å². The lowest BCUT2D eigenvalue weighted by Gasteiger charge is -2.25. The van der Waals surface area contributed by atoms with Crippen molar-refractivity contribution in [2.24, 2.45) is 0 Å². The average molecular weight is 207 g/mol. The lowest BCUT2D eigenvalue weighted by atomic mass is 10.3. The molecule has 0 saturated carbocycles. The number of fused-ring (bicyclic) bond motifs is 1. The third-order valence-corrected chi connectivity index (χ3v) is 4.67. The molecule has 0 fully saturated rings. The molecule has 2 rings (SSSR count). The summed E-state index contributed by atoms with van der Waals surface area (Å²) in [4.78, 5) is 11.5. The molecule has 0 aliphatic carbocycles. The first-order valence-electron chi connectivity index (χ1n) is 4.61. The highest BCUT2D eigenvalue weighted by Crippen LogP contribution is 2.39. The lowest BCUT2D eigenvalue weighted by Crippen LogP contribution is -2.52. The fourth-order valence-corrected chi connectivity index (χ4v) is 4.21. The molecule has 0 bridgehead atoms. The van der Waals surface area contributed by atoms with E-state index >= 15 is 0 Å². The zero-order valence-electron chi connectivity index (χ0n) is 8.57. The van der Waals surface area contributed by atoms with Crippen molar-refractivity contribution in [3.63, 3.8) is 0 Å². The van der Waals surface area contributed by atoms with E-state index in [1.165, 1.54) is 0 Å². The molecule has 1 heterocycles. The van der Waals surface area contributed by atoms with E-state index in [1.54, 1.807) is 6.92 Å². The molecule has 1 aromatic carbocycles. The minimum Gasteiger partial charge on any atom is -0.523 e. The van der Waals surface area contributed by atoms with E-state index < -0.39 is 8.48 Å². The summed E-state index contributed by atoms with van der Waals surface area (Å²) in [6.45, 7) is 5.63. The Morgan fingerprint density at radius 2 is 2.00 bits per heavy atom. The standard InChI is InChI=1S/C10H13NO2Si/c1-8(12)11-9-6-4-5-7-10(9)13-14(11,2)3/h4-7H,1-3H3. The molecular formula is C10H13NO2Si. The number of anilines is 1. The predicted molar refractivity (Wildman–Crippen MR) is 57.7 cm³/mol. The summed E-state index contributed by atoms with van der Waals surface area (Å²) >= 11 is 0. The van der Waals surface area contributed by atoms with Crippen LogP contribution in [0.15, 0.2) is 24.3 Å². The minimum absolute atomic E-state index is 0.0617. The van der Waals surface area contributed by atoms with Gasteiger partial charge in [0, 0.05) is 6.92 Å². The van der Waals surface area contributed by atoms with Crippen LogP contribution < -0.4 is 8.99 Å². The average Bonchev–Trinajstić information content (AvgIpc) is 2.33. The van der Waals surface area contributed by atoms with Crippen LogP contribution >= 0.6 is 0 Å². The summed E-state index contributed by atoms with van der Waals surface area (Å²) in [6.07, 6.45) is 0. The first kappa shape index (κ1) is 9.27. The molecule has 0 spiro atoms. The Morgan fingerprint density at radius 1 is 1.36 bits per heavy atom. The fourth-order valence-electron chi connectivity index (χ4n) is 1.88. The smallest absolute Gasteiger partial charge is 0.361 e. The van der Waals surface area contributed by atoms with E-state index in [0.717, 1.165) is 11.4 Å². The molecule has 0 N–H and O–H groups in total. The van der Waals surface area contributed by atoms with Crippen molar-refractivity contribution in [1.82, 2.24) is 0 Å². The molecule has 0 saturated heterocycles. The number of carbonyl (C=O) groups is 1. The first-order valence-corrected chi connectivity index (χ1v) is 7.47. The zero-order valence-corrected chi connectivity index (χ0v) is 9.57. The number of para-hydroxylation sites is 2. The number of amides is 1. The Morgan fingerprint density at radius 3 is 2.64 bits per heavy atom. The Labute approximate surface area is 84.5 Å². The number of benzene rings is 1. The summed E-state index contributed by atoms with van der Waals surface area (Å²) in [7, 11) is -2.05. The maximum atomic E-state index is 11.5. The zero-order chi connectivity index (χ0) is 10.3. The number of nitrogens with zero attached hydrogens (tertiary/aromatic N) is 1. The van der Waals surface area contributed by atoms with Gasteiger partial charge in [0.15, 0.2) is 0 Å². The van der Waals surface area contributed by atoms with Gasteiger partial charge in [-0.1, -0.05) is 12.1 Å². The normalized spacial score (nSPS) is 17.5. The van der Waals surface area contributed by atoms with Crippen molar-refractivity contribution in [3.8, 4) is 5.75 Å². The minimum atomic E-state index is -2.05. The second-order valence-electron chi connectivity index (χ2n) is 3.87. The molecule has 1 aromatic rings.